The molecule has 0 aliphatic heterocycles. The summed E-state index contributed by atoms with van der Waals surface area (Å²) in [5.74, 6) is -1.88. The van der Waals surface area contributed by atoms with Crippen LogP contribution in [0.1, 0.15) is 26.3 Å². The van der Waals surface area contributed by atoms with Gasteiger partial charge in [-0.2, -0.15) is 5.10 Å². The van der Waals surface area contributed by atoms with Crippen LogP contribution in [0, 0.1) is 0 Å². The first kappa shape index (κ1) is 21.5. The molecule has 8 nitrogen and oxygen atoms in total. The van der Waals surface area contributed by atoms with Gasteiger partial charge in [0.1, 0.15) is 16.3 Å². The number of anilines is 1. The lowest BCUT2D eigenvalue weighted by molar-refractivity contribution is -0.119. The maximum atomic E-state index is 12.8. The van der Waals surface area contributed by atoms with Crippen LogP contribution in [0.25, 0.3) is 10.6 Å². The molecule has 4 rings (SSSR count). The van der Waals surface area contributed by atoms with E-state index >= 15 is 0 Å². The Labute approximate surface area is 191 Å². The van der Waals surface area contributed by atoms with Crippen LogP contribution in [0.5, 0.6) is 0 Å². The van der Waals surface area contributed by atoms with E-state index in [1.54, 1.807) is 16.3 Å². The van der Waals surface area contributed by atoms with E-state index in [0.29, 0.717) is 17.2 Å². The van der Waals surface area contributed by atoms with Gasteiger partial charge in [-0.3, -0.25) is 14.3 Å². The number of nitrogens with zero attached hydrogens (tertiary/aromatic N) is 2. The van der Waals surface area contributed by atoms with Crippen molar-refractivity contribution >= 4 is 45.5 Å². The van der Waals surface area contributed by atoms with Crippen molar-refractivity contribution in [1.82, 2.24) is 9.78 Å². The van der Waals surface area contributed by atoms with Gasteiger partial charge in [0.25, 0.3) is 11.8 Å². The topological polar surface area (TPSA) is 116 Å². The van der Waals surface area contributed by atoms with Gasteiger partial charge in [-0.15, -0.1) is 22.7 Å². The zero-order valence-corrected chi connectivity index (χ0v) is 18.3. The number of esters is 1. The maximum Gasteiger partial charge on any atom is 0.342 e. The molecule has 0 spiro atoms. The van der Waals surface area contributed by atoms with E-state index in [9.17, 15) is 14.4 Å². The fourth-order valence-corrected chi connectivity index (χ4v) is 4.52. The van der Waals surface area contributed by atoms with Gasteiger partial charge < -0.3 is 15.8 Å². The Balaban J connectivity index is 1.48. The van der Waals surface area contributed by atoms with E-state index in [1.807, 2.05) is 47.8 Å². The molecule has 0 bridgehead atoms. The zero-order valence-electron chi connectivity index (χ0n) is 16.7. The van der Waals surface area contributed by atoms with E-state index in [0.717, 1.165) is 21.8 Å². The minimum atomic E-state index is -0.663. The number of ether oxygens (including phenoxy) is 1. The molecule has 0 atom stereocenters. The third-order valence-corrected chi connectivity index (χ3v) is 6.15. The number of aromatic nitrogens is 2. The van der Waals surface area contributed by atoms with Gasteiger partial charge in [0.05, 0.1) is 17.0 Å². The number of amides is 2. The van der Waals surface area contributed by atoms with Crippen molar-refractivity contribution in [3.8, 4) is 10.6 Å². The second-order valence-electron chi connectivity index (χ2n) is 6.70. The quantitative estimate of drug-likeness (QED) is 0.385. The van der Waals surface area contributed by atoms with Crippen LogP contribution in [0.2, 0.25) is 0 Å². The summed E-state index contributed by atoms with van der Waals surface area (Å²) in [4.78, 5) is 37.2. The molecule has 4 aromatic rings. The zero-order chi connectivity index (χ0) is 22.5. The van der Waals surface area contributed by atoms with Crippen LogP contribution in [0.4, 0.5) is 5.00 Å². The molecule has 3 aromatic heterocycles. The molecule has 0 aliphatic rings. The fraction of sp³-hybridized carbons (Fsp3) is 0.0909. The van der Waals surface area contributed by atoms with Crippen molar-refractivity contribution in [3.05, 3.63) is 82.2 Å². The summed E-state index contributed by atoms with van der Waals surface area (Å²) in [6.07, 6.45) is 1.62. The lowest BCUT2D eigenvalue weighted by Crippen LogP contribution is -2.22. The van der Waals surface area contributed by atoms with Gasteiger partial charge in [-0.1, -0.05) is 36.4 Å². The third-order valence-electron chi connectivity index (χ3n) is 4.44. The molecule has 0 aliphatic carbocycles. The minimum Gasteiger partial charge on any atom is -0.452 e. The van der Waals surface area contributed by atoms with Gasteiger partial charge in [-0.05, 0) is 28.5 Å². The van der Waals surface area contributed by atoms with Crippen LogP contribution in [-0.4, -0.2) is 34.2 Å². The normalized spacial score (nSPS) is 10.6. The van der Waals surface area contributed by atoms with Crippen LogP contribution < -0.4 is 11.1 Å². The number of nitrogens with one attached hydrogen (secondary N) is 1. The van der Waals surface area contributed by atoms with Gasteiger partial charge in [0.2, 0.25) is 0 Å². The van der Waals surface area contributed by atoms with Crippen LogP contribution in [0.15, 0.2) is 65.5 Å². The van der Waals surface area contributed by atoms with Crippen molar-refractivity contribution < 1.29 is 19.1 Å². The highest BCUT2D eigenvalue weighted by Crippen LogP contribution is 2.28. The number of carbonyl (C=O) groups excluding carboxylic acids is 3. The molecule has 0 fully saturated rings. The molecule has 10 heteroatoms. The SMILES string of the molecule is NC(=O)c1ccsc1NC(=O)COC(=O)c1cn(Cc2ccccc2)nc1-c1cccs1. The highest BCUT2D eigenvalue weighted by Gasteiger charge is 2.21. The summed E-state index contributed by atoms with van der Waals surface area (Å²) in [7, 11) is 0. The van der Waals surface area contributed by atoms with E-state index in [1.165, 1.54) is 17.4 Å². The first-order valence-corrected chi connectivity index (χ1v) is 11.3. The summed E-state index contributed by atoms with van der Waals surface area (Å²) in [6.45, 7) is -0.0239. The molecule has 1 aromatic carbocycles. The Morgan fingerprint density at radius 3 is 2.53 bits per heavy atom. The first-order valence-electron chi connectivity index (χ1n) is 9.51. The van der Waals surface area contributed by atoms with E-state index in [-0.39, 0.29) is 11.1 Å². The molecule has 3 heterocycles. The van der Waals surface area contributed by atoms with Crippen LogP contribution >= 0.6 is 22.7 Å². The summed E-state index contributed by atoms with van der Waals surface area (Å²) >= 11 is 2.61. The van der Waals surface area contributed by atoms with E-state index in [4.69, 9.17) is 10.5 Å². The van der Waals surface area contributed by atoms with Gasteiger partial charge in [0.15, 0.2) is 6.61 Å². The molecule has 2 amide bonds. The molecule has 0 saturated heterocycles. The smallest absolute Gasteiger partial charge is 0.342 e. The standard InChI is InChI=1S/C22H18N4O4S2/c23-20(28)15-8-10-32-21(15)24-18(27)13-30-22(29)16-12-26(11-14-5-2-1-3-6-14)25-19(16)17-7-4-9-31-17/h1-10,12H,11,13H2,(H2,23,28)(H,24,27). The molecule has 0 saturated carbocycles. The van der Waals surface area contributed by atoms with Gasteiger partial charge >= 0.3 is 5.97 Å². The third kappa shape index (κ3) is 4.93. The number of thiophene rings is 2. The molecular formula is C22H18N4O4S2. The fourth-order valence-electron chi connectivity index (χ4n) is 2.99. The van der Waals surface area contributed by atoms with Crippen molar-refractivity contribution in [3.63, 3.8) is 0 Å². The largest absolute Gasteiger partial charge is 0.452 e. The Kier molecular flexibility index (Phi) is 6.43. The lowest BCUT2D eigenvalue weighted by atomic mass is 10.2. The van der Waals surface area contributed by atoms with E-state index < -0.39 is 24.4 Å². The molecule has 162 valence electrons. The summed E-state index contributed by atoms with van der Waals surface area (Å²) < 4.78 is 6.90. The highest BCUT2D eigenvalue weighted by atomic mass is 32.1. The summed E-state index contributed by atoms with van der Waals surface area (Å²) in [6, 6.07) is 15.0. The highest BCUT2D eigenvalue weighted by molar-refractivity contribution is 7.14. The number of benzene rings is 1. The van der Waals surface area contributed by atoms with Crippen molar-refractivity contribution in [2.45, 2.75) is 6.54 Å². The number of carbonyl (C=O) groups is 3. The van der Waals surface area contributed by atoms with Crippen LogP contribution in [-0.2, 0) is 16.1 Å². The Morgan fingerprint density at radius 2 is 1.81 bits per heavy atom. The number of hydrogen-bond acceptors (Lipinski definition) is 7. The van der Waals surface area contributed by atoms with Crippen molar-refractivity contribution in [2.24, 2.45) is 5.73 Å². The Bertz CT molecular complexity index is 1250. The first-order chi connectivity index (χ1) is 15.5. The number of hydrogen-bond donors (Lipinski definition) is 2. The lowest BCUT2D eigenvalue weighted by Gasteiger charge is -2.06. The second kappa shape index (κ2) is 9.58. The molecule has 0 unspecified atom stereocenters. The van der Waals surface area contributed by atoms with Crippen molar-refractivity contribution in [2.75, 3.05) is 11.9 Å². The van der Waals surface area contributed by atoms with Crippen LogP contribution in [0.3, 0.4) is 0 Å². The average Bonchev–Trinajstić information content (AvgIpc) is 3.53. The Hall–Kier alpha value is -3.76. The van der Waals surface area contributed by atoms with Gasteiger partial charge in [0, 0.05) is 6.20 Å². The molecule has 0 radical (unpaired) electrons. The summed E-state index contributed by atoms with van der Waals surface area (Å²) in [5.41, 5.74) is 7.28. The predicted octanol–water partition coefficient (Wildman–Crippen LogP) is 3.62. The summed E-state index contributed by atoms with van der Waals surface area (Å²) in [5, 5.41) is 10.9. The second-order valence-corrected chi connectivity index (χ2v) is 8.57. The number of rotatable bonds is 8. The van der Waals surface area contributed by atoms with Gasteiger partial charge in [-0.25, -0.2) is 4.79 Å². The predicted molar refractivity (Wildman–Crippen MR) is 123 cm³/mol. The van der Waals surface area contributed by atoms with E-state index in [2.05, 4.69) is 10.4 Å². The maximum absolute atomic E-state index is 12.8. The number of primary amides is 1. The number of nitrogens with two attached hydrogens (primary N) is 1. The molecule has 3 N–H and O–H groups in total. The Morgan fingerprint density at radius 1 is 1.00 bits per heavy atom. The molecule has 32 heavy (non-hydrogen) atoms. The average molecular weight is 467 g/mol. The monoisotopic (exact) mass is 466 g/mol. The van der Waals surface area contributed by atoms with Crippen molar-refractivity contribution in [1.29, 1.82) is 0 Å². The molecular weight excluding hydrogens is 448 g/mol. The minimum absolute atomic E-state index is 0.205.